The standard InChI is InChI=1S/C13H15F2NO3/c14-13(15)6-7-16(8-11(13)17)12(18)19-9-10-4-2-1-3-5-10/h1-5,11,17H,6-9H2. The highest BCUT2D eigenvalue weighted by molar-refractivity contribution is 5.67. The lowest BCUT2D eigenvalue weighted by atomic mass is 10.0. The molecule has 1 amide bonds. The van der Waals surface area contributed by atoms with Crippen LogP contribution < -0.4 is 0 Å². The summed E-state index contributed by atoms with van der Waals surface area (Å²) >= 11 is 0. The fourth-order valence-electron chi connectivity index (χ4n) is 1.86. The Balaban J connectivity index is 1.84. The fourth-order valence-corrected chi connectivity index (χ4v) is 1.86. The van der Waals surface area contributed by atoms with Crippen molar-refractivity contribution in [2.75, 3.05) is 13.1 Å². The summed E-state index contributed by atoms with van der Waals surface area (Å²) in [4.78, 5) is 12.8. The Kier molecular flexibility index (Phi) is 3.99. The first-order valence-electron chi connectivity index (χ1n) is 6.00. The van der Waals surface area contributed by atoms with Crippen LogP contribution in [0.4, 0.5) is 13.6 Å². The molecule has 1 fully saturated rings. The minimum Gasteiger partial charge on any atom is -0.445 e. The van der Waals surface area contributed by atoms with Crippen LogP contribution in [0.25, 0.3) is 0 Å². The number of hydrogen-bond donors (Lipinski definition) is 1. The molecule has 6 heteroatoms. The normalized spacial score (nSPS) is 22.1. The second kappa shape index (κ2) is 5.52. The molecule has 1 atom stereocenters. The number of aliphatic hydroxyl groups is 1. The van der Waals surface area contributed by atoms with Gasteiger partial charge in [-0.2, -0.15) is 0 Å². The maximum atomic E-state index is 13.1. The van der Waals surface area contributed by atoms with Crippen molar-refractivity contribution in [2.24, 2.45) is 0 Å². The van der Waals surface area contributed by atoms with Crippen LogP contribution in [0.2, 0.25) is 0 Å². The summed E-state index contributed by atoms with van der Waals surface area (Å²) in [5.74, 6) is -3.13. The first kappa shape index (κ1) is 13.7. The molecule has 1 aliphatic heterocycles. The van der Waals surface area contributed by atoms with E-state index < -0.39 is 31.1 Å². The van der Waals surface area contributed by atoms with Crippen molar-refractivity contribution >= 4 is 6.09 Å². The van der Waals surface area contributed by atoms with Gasteiger partial charge in [0.05, 0.1) is 6.54 Å². The van der Waals surface area contributed by atoms with Crippen LogP contribution in [-0.2, 0) is 11.3 Å². The SMILES string of the molecule is O=C(OCc1ccccc1)N1CCC(F)(F)C(O)C1. The molecule has 1 N–H and O–H groups in total. The zero-order valence-electron chi connectivity index (χ0n) is 10.3. The highest BCUT2D eigenvalue weighted by Gasteiger charge is 2.44. The second-order valence-corrected chi connectivity index (χ2v) is 4.51. The van der Waals surface area contributed by atoms with E-state index in [9.17, 15) is 18.7 Å². The van der Waals surface area contributed by atoms with E-state index in [1.165, 1.54) is 0 Å². The molecule has 0 saturated carbocycles. The molecule has 0 aliphatic carbocycles. The zero-order chi connectivity index (χ0) is 13.9. The molecule has 0 aromatic heterocycles. The van der Waals surface area contributed by atoms with E-state index in [2.05, 4.69) is 0 Å². The number of ether oxygens (including phenoxy) is 1. The van der Waals surface area contributed by atoms with E-state index in [1.807, 2.05) is 18.2 Å². The molecule has 104 valence electrons. The fraction of sp³-hybridized carbons (Fsp3) is 0.462. The van der Waals surface area contributed by atoms with Crippen LogP contribution in [0.3, 0.4) is 0 Å². The molecule has 1 aliphatic rings. The highest BCUT2D eigenvalue weighted by Crippen LogP contribution is 2.28. The van der Waals surface area contributed by atoms with Gasteiger partial charge in [0.1, 0.15) is 12.7 Å². The molecule has 1 unspecified atom stereocenters. The number of hydrogen-bond acceptors (Lipinski definition) is 3. The van der Waals surface area contributed by atoms with Gasteiger partial charge in [0.25, 0.3) is 5.92 Å². The number of carbonyl (C=O) groups is 1. The van der Waals surface area contributed by atoms with E-state index in [-0.39, 0.29) is 13.2 Å². The van der Waals surface area contributed by atoms with Gasteiger partial charge in [0.15, 0.2) is 0 Å². The smallest absolute Gasteiger partial charge is 0.410 e. The van der Waals surface area contributed by atoms with Crippen LogP contribution >= 0.6 is 0 Å². The lowest BCUT2D eigenvalue weighted by Crippen LogP contribution is -2.52. The summed E-state index contributed by atoms with van der Waals surface area (Å²) in [6.45, 7) is -0.430. The van der Waals surface area contributed by atoms with Crippen LogP contribution in [0.5, 0.6) is 0 Å². The van der Waals surface area contributed by atoms with Crippen LogP contribution in [0, 0.1) is 0 Å². The topological polar surface area (TPSA) is 49.8 Å². The summed E-state index contributed by atoms with van der Waals surface area (Å²) < 4.78 is 31.1. The van der Waals surface area contributed by atoms with Crippen molar-refractivity contribution in [3.05, 3.63) is 35.9 Å². The molecule has 1 aromatic rings. The number of β-amino-alcohol motifs (C(OH)–C–C–N with tert-alkyl or cyclic N) is 1. The third-order valence-electron chi connectivity index (χ3n) is 3.06. The quantitative estimate of drug-likeness (QED) is 0.895. The Morgan fingerprint density at radius 1 is 1.42 bits per heavy atom. The number of amides is 1. The molecule has 0 spiro atoms. The van der Waals surface area contributed by atoms with Crippen molar-refractivity contribution in [3.63, 3.8) is 0 Å². The molecular weight excluding hydrogens is 256 g/mol. The predicted molar refractivity (Wildman–Crippen MR) is 63.8 cm³/mol. The van der Waals surface area contributed by atoms with E-state index in [0.717, 1.165) is 10.5 Å². The lowest BCUT2D eigenvalue weighted by molar-refractivity contribution is -0.143. The molecule has 0 bridgehead atoms. The number of piperidine rings is 1. The van der Waals surface area contributed by atoms with Gasteiger partial charge < -0.3 is 14.7 Å². The molecule has 0 radical (unpaired) electrons. The maximum Gasteiger partial charge on any atom is 0.410 e. The monoisotopic (exact) mass is 271 g/mol. The van der Waals surface area contributed by atoms with Gasteiger partial charge in [-0.05, 0) is 5.56 Å². The number of halogens is 2. The van der Waals surface area contributed by atoms with Crippen LogP contribution in [0.1, 0.15) is 12.0 Å². The van der Waals surface area contributed by atoms with Gasteiger partial charge in [0.2, 0.25) is 0 Å². The zero-order valence-corrected chi connectivity index (χ0v) is 10.3. The molecule has 1 saturated heterocycles. The summed E-state index contributed by atoms with van der Waals surface area (Å²) in [6.07, 6.45) is -3.06. The number of benzene rings is 1. The number of rotatable bonds is 2. The van der Waals surface area contributed by atoms with Gasteiger partial charge in [-0.1, -0.05) is 30.3 Å². The maximum absolute atomic E-state index is 13.1. The molecular formula is C13H15F2NO3. The molecule has 4 nitrogen and oxygen atoms in total. The number of likely N-dealkylation sites (tertiary alicyclic amines) is 1. The molecule has 2 rings (SSSR count). The predicted octanol–water partition coefficient (Wildman–Crippen LogP) is 2.03. The molecule has 1 heterocycles. The Labute approximate surface area is 109 Å². The minimum absolute atomic E-state index is 0.0860. The van der Waals surface area contributed by atoms with E-state index in [4.69, 9.17) is 4.74 Å². The van der Waals surface area contributed by atoms with Crippen molar-refractivity contribution < 1.29 is 23.4 Å². The number of nitrogens with zero attached hydrogens (tertiary/aromatic N) is 1. The van der Waals surface area contributed by atoms with Crippen molar-refractivity contribution in [2.45, 2.75) is 25.1 Å². The van der Waals surface area contributed by atoms with Gasteiger partial charge in [-0.15, -0.1) is 0 Å². The van der Waals surface area contributed by atoms with Crippen molar-refractivity contribution in [1.82, 2.24) is 4.90 Å². The van der Waals surface area contributed by atoms with Crippen LogP contribution in [-0.4, -0.2) is 41.2 Å². The Hall–Kier alpha value is -1.69. The first-order valence-corrected chi connectivity index (χ1v) is 6.00. The number of aliphatic hydroxyl groups excluding tert-OH is 1. The number of carbonyl (C=O) groups excluding carboxylic acids is 1. The average Bonchev–Trinajstić information content (AvgIpc) is 2.40. The Morgan fingerprint density at radius 3 is 2.74 bits per heavy atom. The second-order valence-electron chi connectivity index (χ2n) is 4.51. The Bertz CT molecular complexity index is 439. The average molecular weight is 271 g/mol. The third-order valence-corrected chi connectivity index (χ3v) is 3.06. The summed E-state index contributed by atoms with van der Waals surface area (Å²) in [6, 6.07) is 9.07. The van der Waals surface area contributed by atoms with Gasteiger partial charge in [0, 0.05) is 13.0 Å². The summed E-state index contributed by atoms with van der Waals surface area (Å²) in [5, 5.41) is 9.24. The summed E-state index contributed by atoms with van der Waals surface area (Å²) in [7, 11) is 0. The van der Waals surface area contributed by atoms with E-state index in [0.29, 0.717) is 0 Å². The van der Waals surface area contributed by atoms with E-state index >= 15 is 0 Å². The number of alkyl halides is 2. The van der Waals surface area contributed by atoms with Crippen molar-refractivity contribution in [1.29, 1.82) is 0 Å². The Morgan fingerprint density at radius 2 is 2.11 bits per heavy atom. The summed E-state index contributed by atoms with van der Waals surface area (Å²) in [5.41, 5.74) is 0.818. The largest absolute Gasteiger partial charge is 0.445 e. The minimum atomic E-state index is -3.13. The van der Waals surface area contributed by atoms with Crippen LogP contribution in [0.15, 0.2) is 30.3 Å². The molecule has 1 aromatic carbocycles. The van der Waals surface area contributed by atoms with Gasteiger partial charge in [-0.3, -0.25) is 0 Å². The highest BCUT2D eigenvalue weighted by atomic mass is 19.3. The third kappa shape index (κ3) is 3.41. The first-order chi connectivity index (χ1) is 8.99. The van der Waals surface area contributed by atoms with Gasteiger partial charge in [-0.25, -0.2) is 13.6 Å². The van der Waals surface area contributed by atoms with Gasteiger partial charge >= 0.3 is 6.09 Å². The lowest BCUT2D eigenvalue weighted by Gasteiger charge is -2.34. The van der Waals surface area contributed by atoms with Crippen molar-refractivity contribution in [3.8, 4) is 0 Å². The molecule has 19 heavy (non-hydrogen) atoms. The van der Waals surface area contributed by atoms with E-state index in [1.54, 1.807) is 12.1 Å².